The molecule has 2 aliphatic carbocycles. The summed E-state index contributed by atoms with van der Waals surface area (Å²) in [6.45, 7) is 0. The number of allylic oxidation sites excluding steroid dienone is 8. The second kappa shape index (κ2) is 4.99. The van der Waals surface area contributed by atoms with E-state index in [0.717, 1.165) is 12.8 Å². The van der Waals surface area contributed by atoms with Crippen LogP contribution >= 0.6 is 0 Å². The quantitative estimate of drug-likeness (QED) is 0.535. The maximum Gasteiger partial charge on any atom is -0.00979 e. The molecule has 0 radical (unpaired) electrons. The minimum Gasteiger partial charge on any atom is -0.0879 e. The molecule has 0 N–H and O–H groups in total. The van der Waals surface area contributed by atoms with Gasteiger partial charge in [-0.25, -0.2) is 0 Å². The van der Waals surface area contributed by atoms with Crippen LogP contribution in [0.3, 0.4) is 0 Å². The van der Waals surface area contributed by atoms with Crippen molar-refractivity contribution in [1.82, 2.24) is 0 Å². The number of hydrogen-bond acceptors (Lipinski definition) is 0. The minimum atomic E-state index is 1.14. The molecule has 0 heterocycles. The second-order valence-corrected chi connectivity index (χ2v) is 3.96. The SMILES string of the molecule is C1=CCC(C2=CCCC=CC2)=CCC1. The van der Waals surface area contributed by atoms with Gasteiger partial charge in [-0.15, -0.1) is 0 Å². The third-order valence-corrected chi connectivity index (χ3v) is 2.87. The zero-order chi connectivity index (χ0) is 9.64. The fourth-order valence-corrected chi connectivity index (χ4v) is 2.05. The predicted octanol–water partition coefficient (Wildman–Crippen LogP) is 4.32. The van der Waals surface area contributed by atoms with E-state index in [2.05, 4.69) is 36.5 Å². The number of hydrogen-bond donors (Lipinski definition) is 0. The first-order chi connectivity index (χ1) is 6.97. The zero-order valence-corrected chi connectivity index (χ0v) is 8.71. The minimum absolute atomic E-state index is 1.14. The van der Waals surface area contributed by atoms with Gasteiger partial charge in [0, 0.05) is 0 Å². The van der Waals surface area contributed by atoms with E-state index in [-0.39, 0.29) is 0 Å². The monoisotopic (exact) mass is 186 g/mol. The van der Waals surface area contributed by atoms with Crippen LogP contribution in [0.1, 0.15) is 38.5 Å². The molecule has 0 aromatic rings. The van der Waals surface area contributed by atoms with Crippen molar-refractivity contribution in [1.29, 1.82) is 0 Å². The first-order valence-corrected chi connectivity index (χ1v) is 5.65. The average Bonchev–Trinajstić information content (AvgIpc) is 2.62. The molecule has 0 aliphatic heterocycles. The predicted molar refractivity (Wildman–Crippen MR) is 62.1 cm³/mol. The molecule has 0 heteroatoms. The molecule has 14 heavy (non-hydrogen) atoms. The summed E-state index contributed by atoms with van der Waals surface area (Å²) in [5, 5.41) is 0. The lowest BCUT2D eigenvalue weighted by molar-refractivity contribution is 1.03. The van der Waals surface area contributed by atoms with Crippen molar-refractivity contribution in [3.63, 3.8) is 0 Å². The molecular formula is C14H18. The van der Waals surface area contributed by atoms with Crippen molar-refractivity contribution in [2.75, 3.05) is 0 Å². The van der Waals surface area contributed by atoms with Gasteiger partial charge >= 0.3 is 0 Å². The molecule has 0 atom stereocenters. The van der Waals surface area contributed by atoms with Gasteiger partial charge in [-0.05, 0) is 49.7 Å². The van der Waals surface area contributed by atoms with E-state index in [0.29, 0.717) is 0 Å². The normalized spacial score (nSPS) is 22.3. The van der Waals surface area contributed by atoms with Crippen LogP contribution in [0.5, 0.6) is 0 Å². The van der Waals surface area contributed by atoms with E-state index in [1.165, 1.54) is 25.7 Å². The Morgan fingerprint density at radius 1 is 0.571 bits per heavy atom. The Hall–Kier alpha value is -1.04. The molecule has 0 aromatic carbocycles. The molecule has 2 aliphatic rings. The smallest absolute Gasteiger partial charge is 0.00979 e. The summed E-state index contributed by atoms with van der Waals surface area (Å²) in [5.41, 5.74) is 3.12. The zero-order valence-electron chi connectivity index (χ0n) is 8.71. The van der Waals surface area contributed by atoms with Crippen molar-refractivity contribution in [3.8, 4) is 0 Å². The standard InChI is InChI=1S/C14H18/c1-2-6-10-13(9-5-1)14-11-7-3-4-8-12-14/h1,3,5,7,10,12H,2,4,6,8-9,11H2. The Morgan fingerprint density at radius 3 is 1.57 bits per heavy atom. The Balaban J connectivity index is 2.12. The third kappa shape index (κ3) is 2.47. The van der Waals surface area contributed by atoms with Gasteiger partial charge in [-0.3, -0.25) is 0 Å². The van der Waals surface area contributed by atoms with Gasteiger partial charge in [-0.2, -0.15) is 0 Å². The lowest BCUT2D eigenvalue weighted by atomic mass is 9.99. The highest BCUT2D eigenvalue weighted by Crippen LogP contribution is 2.24. The van der Waals surface area contributed by atoms with Crippen LogP contribution in [0.2, 0.25) is 0 Å². The fraction of sp³-hybridized carbons (Fsp3) is 0.429. The summed E-state index contributed by atoms with van der Waals surface area (Å²) in [6, 6.07) is 0. The van der Waals surface area contributed by atoms with Crippen molar-refractivity contribution in [2.24, 2.45) is 0 Å². The fourth-order valence-electron chi connectivity index (χ4n) is 2.05. The summed E-state index contributed by atoms with van der Waals surface area (Å²) in [7, 11) is 0. The molecule has 0 spiro atoms. The van der Waals surface area contributed by atoms with Crippen LogP contribution in [0.15, 0.2) is 47.6 Å². The number of rotatable bonds is 1. The maximum atomic E-state index is 2.42. The molecule has 2 rings (SSSR count). The van der Waals surface area contributed by atoms with Crippen LogP contribution in [-0.4, -0.2) is 0 Å². The van der Waals surface area contributed by atoms with Crippen LogP contribution < -0.4 is 0 Å². The van der Waals surface area contributed by atoms with Crippen molar-refractivity contribution in [3.05, 3.63) is 47.6 Å². The second-order valence-electron chi connectivity index (χ2n) is 3.96. The lowest BCUT2D eigenvalue weighted by Gasteiger charge is -2.07. The van der Waals surface area contributed by atoms with Gasteiger partial charge in [0.15, 0.2) is 0 Å². The van der Waals surface area contributed by atoms with E-state index in [1.54, 1.807) is 11.1 Å². The van der Waals surface area contributed by atoms with E-state index < -0.39 is 0 Å². The van der Waals surface area contributed by atoms with Gasteiger partial charge in [0.1, 0.15) is 0 Å². The third-order valence-electron chi connectivity index (χ3n) is 2.87. The van der Waals surface area contributed by atoms with Crippen molar-refractivity contribution in [2.45, 2.75) is 38.5 Å². The summed E-state index contributed by atoms with van der Waals surface area (Å²) in [5.74, 6) is 0. The molecule has 0 fully saturated rings. The van der Waals surface area contributed by atoms with Crippen LogP contribution in [0, 0.1) is 0 Å². The van der Waals surface area contributed by atoms with E-state index in [1.807, 2.05) is 0 Å². The van der Waals surface area contributed by atoms with Crippen LogP contribution in [-0.2, 0) is 0 Å². The largest absolute Gasteiger partial charge is 0.0879 e. The van der Waals surface area contributed by atoms with E-state index in [9.17, 15) is 0 Å². The topological polar surface area (TPSA) is 0 Å². The van der Waals surface area contributed by atoms with E-state index in [4.69, 9.17) is 0 Å². The Bertz CT molecular complexity index is 268. The first-order valence-electron chi connectivity index (χ1n) is 5.65. The lowest BCUT2D eigenvalue weighted by Crippen LogP contribution is -1.87. The molecule has 0 unspecified atom stereocenters. The molecule has 74 valence electrons. The van der Waals surface area contributed by atoms with Crippen molar-refractivity contribution >= 4 is 0 Å². The molecule has 0 bridgehead atoms. The summed E-state index contributed by atoms with van der Waals surface area (Å²) in [6.07, 6.45) is 21.2. The Morgan fingerprint density at radius 2 is 1.07 bits per heavy atom. The summed E-state index contributed by atoms with van der Waals surface area (Å²) >= 11 is 0. The highest BCUT2D eigenvalue weighted by atomic mass is 14.1. The van der Waals surface area contributed by atoms with Crippen LogP contribution in [0.25, 0.3) is 0 Å². The van der Waals surface area contributed by atoms with Gasteiger partial charge in [0.05, 0.1) is 0 Å². The van der Waals surface area contributed by atoms with E-state index >= 15 is 0 Å². The molecule has 0 saturated carbocycles. The Kier molecular flexibility index (Phi) is 3.39. The van der Waals surface area contributed by atoms with Crippen LogP contribution in [0.4, 0.5) is 0 Å². The Labute approximate surface area is 86.7 Å². The highest BCUT2D eigenvalue weighted by molar-refractivity contribution is 5.36. The van der Waals surface area contributed by atoms with Gasteiger partial charge in [0.2, 0.25) is 0 Å². The van der Waals surface area contributed by atoms with Gasteiger partial charge < -0.3 is 0 Å². The maximum absolute atomic E-state index is 2.42. The molecule has 0 saturated heterocycles. The highest BCUT2D eigenvalue weighted by Gasteiger charge is 2.05. The molecule has 0 aromatic heterocycles. The molecule has 0 nitrogen and oxygen atoms in total. The van der Waals surface area contributed by atoms with Gasteiger partial charge in [0.25, 0.3) is 0 Å². The molecule has 0 amide bonds. The average molecular weight is 186 g/mol. The first kappa shape index (κ1) is 9.51. The molecular weight excluding hydrogens is 168 g/mol. The van der Waals surface area contributed by atoms with Crippen molar-refractivity contribution < 1.29 is 0 Å². The summed E-state index contributed by atoms with van der Waals surface area (Å²) in [4.78, 5) is 0. The summed E-state index contributed by atoms with van der Waals surface area (Å²) < 4.78 is 0. The van der Waals surface area contributed by atoms with Gasteiger partial charge in [-0.1, -0.05) is 36.5 Å².